The fourth-order valence-corrected chi connectivity index (χ4v) is 4.62. The number of pyridine rings is 3. The number of aromatic amines is 2. The summed E-state index contributed by atoms with van der Waals surface area (Å²) in [7, 11) is 0. The predicted molar refractivity (Wildman–Crippen MR) is 141 cm³/mol. The van der Waals surface area contributed by atoms with E-state index in [1.54, 1.807) is 30.9 Å². The topological polar surface area (TPSA) is 125 Å². The van der Waals surface area contributed by atoms with Crippen LogP contribution in [0.15, 0.2) is 55.1 Å². The maximum atomic E-state index is 13.7. The number of thiophene rings is 1. The number of hydrogen-bond donors (Lipinski definition) is 3. The van der Waals surface area contributed by atoms with Gasteiger partial charge in [-0.25, -0.2) is 9.97 Å². The molecule has 0 unspecified atom stereocenters. The Morgan fingerprint density at radius 3 is 2.59 bits per heavy atom. The molecule has 0 aromatic carbocycles. The van der Waals surface area contributed by atoms with Crippen LogP contribution in [0.1, 0.15) is 20.8 Å². The molecule has 6 rings (SSSR count). The van der Waals surface area contributed by atoms with E-state index in [-0.39, 0.29) is 11.0 Å². The van der Waals surface area contributed by atoms with Crippen molar-refractivity contribution in [1.82, 2.24) is 35.1 Å². The van der Waals surface area contributed by atoms with Crippen molar-refractivity contribution >= 4 is 45.0 Å². The summed E-state index contributed by atoms with van der Waals surface area (Å²) >= 11 is 1.04. The van der Waals surface area contributed by atoms with E-state index in [0.717, 1.165) is 32.9 Å². The number of H-pyrrole nitrogens is 2. The standard InChI is InChI=1S/C26H21FN8OS/c1-26(2,3)25(36)30-14-8-13(9-28-10-14)16-4-5-17-22(31-16)23(35-34-17)24-32-18-12-29-11-15(21(18)33-24)19-6-7-20(27)37-19/h4-12H,1-3H3,(H,30,36)(H,32,33)(H,34,35). The summed E-state index contributed by atoms with van der Waals surface area (Å²) in [6.07, 6.45) is 6.65. The van der Waals surface area contributed by atoms with Gasteiger partial charge in [-0.1, -0.05) is 20.8 Å². The molecule has 3 N–H and O–H groups in total. The number of imidazole rings is 1. The van der Waals surface area contributed by atoms with E-state index >= 15 is 0 Å². The molecule has 9 nitrogen and oxygen atoms in total. The summed E-state index contributed by atoms with van der Waals surface area (Å²) in [5.74, 6) is 0.414. The second kappa shape index (κ2) is 8.56. The highest BCUT2D eigenvalue weighted by Crippen LogP contribution is 2.34. The quantitative estimate of drug-likeness (QED) is 0.274. The van der Waals surface area contributed by atoms with Crippen LogP contribution in [0.2, 0.25) is 0 Å². The molecule has 0 aliphatic carbocycles. The van der Waals surface area contributed by atoms with Crippen LogP contribution in [-0.4, -0.2) is 41.0 Å². The number of aromatic nitrogens is 7. The van der Waals surface area contributed by atoms with Gasteiger partial charge in [0.2, 0.25) is 5.91 Å². The second-order valence-electron chi connectivity index (χ2n) is 9.60. The van der Waals surface area contributed by atoms with Gasteiger partial charge in [0.05, 0.1) is 34.8 Å². The number of anilines is 1. The van der Waals surface area contributed by atoms with Crippen molar-refractivity contribution in [3.8, 4) is 33.2 Å². The van der Waals surface area contributed by atoms with E-state index in [0.29, 0.717) is 39.4 Å². The highest BCUT2D eigenvalue weighted by molar-refractivity contribution is 7.14. The first-order chi connectivity index (χ1) is 17.8. The SMILES string of the molecule is CC(C)(C)C(=O)Nc1cncc(-c2ccc3[nH]nc(-c4nc5c(-c6ccc(F)s6)cncc5[nH]4)c3n2)c1. The van der Waals surface area contributed by atoms with Crippen molar-refractivity contribution in [2.75, 3.05) is 5.32 Å². The van der Waals surface area contributed by atoms with Gasteiger partial charge in [-0.2, -0.15) is 9.49 Å². The van der Waals surface area contributed by atoms with Gasteiger partial charge in [-0.3, -0.25) is 19.9 Å². The lowest BCUT2D eigenvalue weighted by molar-refractivity contribution is -0.123. The van der Waals surface area contributed by atoms with Crippen molar-refractivity contribution in [2.24, 2.45) is 5.41 Å². The molecular formula is C26H21FN8OS. The maximum absolute atomic E-state index is 13.7. The van der Waals surface area contributed by atoms with Crippen LogP contribution >= 0.6 is 11.3 Å². The molecule has 184 valence electrons. The number of amides is 1. The number of carbonyl (C=O) groups excluding carboxylic acids is 1. The van der Waals surface area contributed by atoms with Gasteiger partial charge in [-0.05, 0) is 30.3 Å². The lowest BCUT2D eigenvalue weighted by Gasteiger charge is -2.17. The van der Waals surface area contributed by atoms with Gasteiger partial charge in [-0.15, -0.1) is 11.3 Å². The zero-order valence-corrected chi connectivity index (χ0v) is 20.9. The van der Waals surface area contributed by atoms with Gasteiger partial charge in [0.1, 0.15) is 11.0 Å². The van der Waals surface area contributed by atoms with Gasteiger partial charge >= 0.3 is 0 Å². The Balaban J connectivity index is 1.40. The third kappa shape index (κ3) is 4.23. The first kappa shape index (κ1) is 22.9. The van der Waals surface area contributed by atoms with Gasteiger partial charge in [0.25, 0.3) is 0 Å². The molecule has 6 heterocycles. The largest absolute Gasteiger partial charge is 0.335 e. The fourth-order valence-electron chi connectivity index (χ4n) is 3.88. The van der Waals surface area contributed by atoms with Crippen LogP contribution in [0, 0.1) is 10.5 Å². The molecule has 11 heteroatoms. The van der Waals surface area contributed by atoms with Crippen LogP contribution in [0.5, 0.6) is 0 Å². The molecule has 0 atom stereocenters. The maximum Gasteiger partial charge on any atom is 0.229 e. The van der Waals surface area contributed by atoms with Crippen LogP contribution < -0.4 is 5.32 Å². The minimum atomic E-state index is -0.529. The van der Waals surface area contributed by atoms with Crippen molar-refractivity contribution < 1.29 is 9.18 Å². The number of nitrogens with one attached hydrogen (secondary N) is 3. The Labute approximate surface area is 214 Å². The van der Waals surface area contributed by atoms with Crippen LogP contribution in [0.25, 0.3) is 55.3 Å². The highest BCUT2D eigenvalue weighted by Gasteiger charge is 2.22. The Bertz CT molecular complexity index is 1800. The van der Waals surface area contributed by atoms with Crippen LogP contribution in [0.3, 0.4) is 0 Å². The van der Waals surface area contributed by atoms with Crippen LogP contribution in [0.4, 0.5) is 10.1 Å². The Morgan fingerprint density at radius 2 is 1.81 bits per heavy atom. The lowest BCUT2D eigenvalue weighted by Crippen LogP contribution is -2.27. The number of nitrogens with zero attached hydrogens (tertiary/aromatic N) is 5. The van der Waals surface area contributed by atoms with Crippen molar-refractivity contribution in [3.63, 3.8) is 0 Å². The molecule has 0 spiro atoms. The number of halogens is 1. The summed E-state index contributed by atoms with van der Waals surface area (Å²) < 4.78 is 13.7. The van der Waals surface area contributed by atoms with E-state index in [4.69, 9.17) is 9.97 Å². The van der Waals surface area contributed by atoms with Gasteiger partial charge < -0.3 is 10.3 Å². The Kier molecular flexibility index (Phi) is 5.30. The average molecular weight is 513 g/mol. The van der Waals surface area contributed by atoms with Gasteiger partial charge in [0, 0.05) is 33.8 Å². The van der Waals surface area contributed by atoms with E-state index in [1.807, 2.05) is 39.0 Å². The van der Waals surface area contributed by atoms with Crippen molar-refractivity contribution in [1.29, 1.82) is 0 Å². The van der Waals surface area contributed by atoms with E-state index in [1.165, 1.54) is 6.07 Å². The first-order valence-corrected chi connectivity index (χ1v) is 12.3. The summed E-state index contributed by atoms with van der Waals surface area (Å²) in [6, 6.07) is 8.73. The third-order valence-corrected chi connectivity index (χ3v) is 6.74. The molecule has 0 aliphatic rings. The molecule has 0 saturated heterocycles. The Hall–Kier alpha value is -4.51. The summed E-state index contributed by atoms with van der Waals surface area (Å²) in [5.41, 5.74) is 5.50. The minimum Gasteiger partial charge on any atom is -0.335 e. The Morgan fingerprint density at radius 1 is 0.973 bits per heavy atom. The summed E-state index contributed by atoms with van der Waals surface area (Å²) in [5, 5.41) is 10.1. The van der Waals surface area contributed by atoms with Gasteiger partial charge in [0.15, 0.2) is 16.6 Å². The number of fused-ring (bicyclic) bond motifs is 2. The minimum absolute atomic E-state index is 0.101. The van der Waals surface area contributed by atoms with Crippen LogP contribution in [-0.2, 0) is 4.79 Å². The molecule has 0 saturated carbocycles. The first-order valence-electron chi connectivity index (χ1n) is 11.5. The zero-order chi connectivity index (χ0) is 25.7. The third-order valence-electron chi connectivity index (χ3n) is 5.84. The molecule has 6 aromatic heterocycles. The monoisotopic (exact) mass is 512 g/mol. The smallest absolute Gasteiger partial charge is 0.229 e. The fraction of sp³-hybridized carbons (Fsp3) is 0.154. The zero-order valence-electron chi connectivity index (χ0n) is 20.1. The van der Waals surface area contributed by atoms with E-state index in [2.05, 4.69) is 30.5 Å². The van der Waals surface area contributed by atoms with Crippen molar-refractivity contribution in [3.05, 3.63) is 60.3 Å². The molecule has 0 radical (unpaired) electrons. The number of rotatable bonds is 4. The molecule has 0 fully saturated rings. The average Bonchev–Trinajstić information content (AvgIpc) is 3.60. The summed E-state index contributed by atoms with van der Waals surface area (Å²) in [4.78, 5) is 34.6. The van der Waals surface area contributed by atoms with Crippen molar-refractivity contribution in [2.45, 2.75) is 20.8 Å². The van der Waals surface area contributed by atoms with E-state index < -0.39 is 5.41 Å². The normalized spacial score (nSPS) is 11.9. The molecule has 37 heavy (non-hydrogen) atoms. The summed E-state index contributed by atoms with van der Waals surface area (Å²) in [6.45, 7) is 5.56. The highest BCUT2D eigenvalue weighted by atomic mass is 32.1. The molecule has 1 amide bonds. The molecule has 0 bridgehead atoms. The number of hydrogen-bond acceptors (Lipinski definition) is 7. The number of carbonyl (C=O) groups is 1. The molecular weight excluding hydrogens is 491 g/mol. The molecule has 6 aromatic rings. The predicted octanol–water partition coefficient (Wildman–Crippen LogP) is 5.81. The molecule has 0 aliphatic heterocycles. The second-order valence-corrected chi connectivity index (χ2v) is 10.6. The lowest BCUT2D eigenvalue weighted by atomic mass is 9.95. The van der Waals surface area contributed by atoms with E-state index in [9.17, 15) is 9.18 Å².